The minimum Gasteiger partial charge on any atom is -0.379 e. The lowest BCUT2D eigenvalue weighted by atomic mass is 10.1. The van der Waals surface area contributed by atoms with Crippen molar-refractivity contribution in [3.8, 4) is 0 Å². The van der Waals surface area contributed by atoms with Crippen LogP contribution >= 0.6 is 0 Å². The van der Waals surface area contributed by atoms with E-state index in [1.54, 1.807) is 0 Å². The van der Waals surface area contributed by atoms with E-state index in [9.17, 15) is 28.1 Å². The van der Waals surface area contributed by atoms with Gasteiger partial charge in [0.1, 0.15) is 5.69 Å². The number of nitro benzene ring substituents is 1. The Hall–Kier alpha value is -2.32. The van der Waals surface area contributed by atoms with Gasteiger partial charge in [-0.05, 0) is 37.3 Å². The third-order valence-corrected chi connectivity index (χ3v) is 4.63. The minimum absolute atomic E-state index is 0.0602. The van der Waals surface area contributed by atoms with Crippen molar-refractivity contribution in [1.82, 2.24) is 4.90 Å². The number of carbonyl (C=O) groups excluding carboxylic acids is 1. The molecule has 1 aliphatic heterocycles. The first kappa shape index (κ1) is 17.5. The zero-order chi connectivity index (χ0) is 18.2. The number of rotatable bonds is 5. The smallest absolute Gasteiger partial charge is 0.379 e. The summed E-state index contributed by atoms with van der Waals surface area (Å²) in [7, 11) is 0. The Kier molecular flexibility index (Phi) is 4.57. The summed E-state index contributed by atoms with van der Waals surface area (Å²) in [6, 6.07) is 2.45. The summed E-state index contributed by atoms with van der Waals surface area (Å²) >= 11 is 0. The van der Waals surface area contributed by atoms with Gasteiger partial charge in [-0.1, -0.05) is 0 Å². The molecule has 1 saturated heterocycles. The van der Waals surface area contributed by atoms with Gasteiger partial charge in [-0.25, -0.2) is 0 Å². The van der Waals surface area contributed by atoms with Crippen LogP contribution in [0.2, 0.25) is 0 Å². The number of anilines is 1. The van der Waals surface area contributed by atoms with Crippen LogP contribution < -0.4 is 5.32 Å². The van der Waals surface area contributed by atoms with Gasteiger partial charge in [0.25, 0.3) is 5.69 Å². The zero-order valence-corrected chi connectivity index (χ0v) is 13.4. The van der Waals surface area contributed by atoms with Crippen LogP contribution in [0.4, 0.5) is 24.5 Å². The maximum absolute atomic E-state index is 12.7. The Labute approximate surface area is 142 Å². The van der Waals surface area contributed by atoms with E-state index in [2.05, 4.69) is 5.32 Å². The molecule has 6 nitrogen and oxygen atoms in total. The van der Waals surface area contributed by atoms with Gasteiger partial charge in [-0.3, -0.25) is 14.9 Å². The molecule has 1 heterocycles. The largest absolute Gasteiger partial charge is 0.416 e. The van der Waals surface area contributed by atoms with Crippen LogP contribution in [-0.2, 0) is 11.0 Å². The van der Waals surface area contributed by atoms with Gasteiger partial charge in [-0.2, -0.15) is 13.2 Å². The van der Waals surface area contributed by atoms with Gasteiger partial charge in [0.15, 0.2) is 0 Å². The number of nitrogens with one attached hydrogen (secondary N) is 1. The summed E-state index contributed by atoms with van der Waals surface area (Å²) in [6.45, 7) is 1.62. The van der Waals surface area contributed by atoms with Crippen molar-refractivity contribution in [2.24, 2.45) is 11.8 Å². The third kappa shape index (κ3) is 4.02. The lowest BCUT2D eigenvalue weighted by Gasteiger charge is -2.17. The van der Waals surface area contributed by atoms with Crippen molar-refractivity contribution in [2.75, 3.05) is 25.0 Å². The van der Waals surface area contributed by atoms with Crippen LogP contribution in [0.15, 0.2) is 18.2 Å². The number of nitrogens with zero attached hydrogens (tertiary/aromatic N) is 2. The molecule has 1 amide bonds. The monoisotopic (exact) mass is 357 g/mol. The molecule has 1 N–H and O–H groups in total. The van der Waals surface area contributed by atoms with Crippen LogP contribution in [0.3, 0.4) is 0 Å². The van der Waals surface area contributed by atoms with Crippen molar-refractivity contribution < 1.29 is 22.9 Å². The Balaban J connectivity index is 1.63. The molecule has 0 bridgehead atoms. The van der Waals surface area contributed by atoms with Crippen molar-refractivity contribution in [1.29, 1.82) is 0 Å². The quantitative estimate of drug-likeness (QED) is 0.648. The number of benzene rings is 1. The summed E-state index contributed by atoms with van der Waals surface area (Å²) in [5, 5.41) is 13.9. The lowest BCUT2D eigenvalue weighted by molar-refractivity contribution is -0.384. The molecule has 1 saturated carbocycles. The molecule has 25 heavy (non-hydrogen) atoms. The predicted octanol–water partition coefficient (Wildman–Crippen LogP) is 3.28. The Morgan fingerprint density at radius 3 is 2.64 bits per heavy atom. The third-order valence-electron chi connectivity index (χ3n) is 4.63. The van der Waals surface area contributed by atoms with Gasteiger partial charge < -0.3 is 10.2 Å². The van der Waals surface area contributed by atoms with Crippen molar-refractivity contribution in [3.05, 3.63) is 33.9 Å². The zero-order valence-electron chi connectivity index (χ0n) is 13.4. The van der Waals surface area contributed by atoms with Gasteiger partial charge in [-0.15, -0.1) is 0 Å². The normalized spacial score (nSPS) is 20.6. The van der Waals surface area contributed by atoms with Crippen LogP contribution in [0.1, 0.15) is 24.8 Å². The molecule has 0 unspecified atom stereocenters. The number of halogens is 3. The van der Waals surface area contributed by atoms with Gasteiger partial charge in [0, 0.05) is 31.6 Å². The summed E-state index contributed by atoms with van der Waals surface area (Å²) in [5.41, 5.74) is -1.59. The average Bonchev–Trinajstić information content (AvgIpc) is 3.29. The number of hydrogen-bond acceptors (Lipinski definition) is 4. The van der Waals surface area contributed by atoms with E-state index in [4.69, 9.17) is 0 Å². The first-order valence-electron chi connectivity index (χ1n) is 8.14. The number of nitro groups is 1. The maximum Gasteiger partial charge on any atom is 0.416 e. The second-order valence-corrected chi connectivity index (χ2v) is 6.58. The van der Waals surface area contributed by atoms with E-state index in [0.717, 1.165) is 31.4 Å². The van der Waals surface area contributed by atoms with Crippen molar-refractivity contribution in [3.63, 3.8) is 0 Å². The highest BCUT2D eigenvalue weighted by atomic mass is 19.4. The molecule has 2 fully saturated rings. The topological polar surface area (TPSA) is 75.5 Å². The van der Waals surface area contributed by atoms with Crippen LogP contribution in [0, 0.1) is 22.0 Å². The number of amides is 1. The first-order valence-corrected chi connectivity index (χ1v) is 8.14. The number of hydrogen-bond donors (Lipinski definition) is 1. The highest BCUT2D eigenvalue weighted by Gasteiger charge is 2.37. The molecule has 1 atom stereocenters. The Morgan fingerprint density at radius 1 is 1.32 bits per heavy atom. The van der Waals surface area contributed by atoms with E-state index >= 15 is 0 Å². The molecule has 9 heteroatoms. The van der Waals surface area contributed by atoms with Gasteiger partial charge >= 0.3 is 6.18 Å². The molecule has 1 aromatic carbocycles. The highest BCUT2D eigenvalue weighted by Crippen LogP contribution is 2.36. The average molecular weight is 357 g/mol. The first-order chi connectivity index (χ1) is 11.8. The summed E-state index contributed by atoms with van der Waals surface area (Å²) < 4.78 is 38.1. The van der Waals surface area contributed by atoms with Crippen LogP contribution in [0.25, 0.3) is 0 Å². The molecule has 3 rings (SSSR count). The minimum atomic E-state index is -4.63. The predicted molar refractivity (Wildman–Crippen MR) is 84.0 cm³/mol. The summed E-state index contributed by atoms with van der Waals surface area (Å²) in [6.07, 6.45) is -1.97. The SMILES string of the molecule is O=C(C1CC1)N1CC[C@@H](CNc2ccc(C(F)(F)F)cc2[N+](=O)[O-])C1. The molecule has 1 aromatic rings. The second kappa shape index (κ2) is 6.53. The maximum atomic E-state index is 12.7. The van der Waals surface area contributed by atoms with E-state index in [1.807, 2.05) is 4.90 Å². The molecule has 0 aromatic heterocycles. The fraction of sp³-hybridized carbons (Fsp3) is 0.562. The van der Waals surface area contributed by atoms with E-state index in [-0.39, 0.29) is 23.4 Å². The van der Waals surface area contributed by atoms with E-state index in [0.29, 0.717) is 25.7 Å². The molecular formula is C16H18F3N3O3. The van der Waals surface area contributed by atoms with Gasteiger partial charge in [0.2, 0.25) is 5.91 Å². The van der Waals surface area contributed by atoms with Crippen molar-refractivity contribution in [2.45, 2.75) is 25.4 Å². The molecule has 0 spiro atoms. The standard InChI is InChI=1S/C16H18F3N3O3/c17-16(18,19)12-3-4-13(14(7-12)22(24)25)20-8-10-5-6-21(9-10)15(23)11-1-2-11/h3-4,7,10-11,20H,1-2,5-6,8-9H2/t10-/m0/s1. The van der Waals surface area contributed by atoms with Crippen LogP contribution in [-0.4, -0.2) is 35.4 Å². The van der Waals surface area contributed by atoms with Crippen molar-refractivity contribution >= 4 is 17.3 Å². The number of carbonyl (C=O) groups is 1. The summed E-state index contributed by atoms with van der Waals surface area (Å²) in [5.74, 6) is 0.454. The van der Waals surface area contributed by atoms with E-state index in [1.165, 1.54) is 0 Å². The fourth-order valence-electron chi connectivity index (χ4n) is 3.05. The fourth-order valence-corrected chi connectivity index (χ4v) is 3.05. The molecule has 0 radical (unpaired) electrons. The Morgan fingerprint density at radius 2 is 2.04 bits per heavy atom. The highest BCUT2D eigenvalue weighted by molar-refractivity contribution is 5.81. The number of likely N-dealkylation sites (tertiary alicyclic amines) is 1. The molecule has 1 aliphatic carbocycles. The molecule has 136 valence electrons. The molecular weight excluding hydrogens is 339 g/mol. The number of alkyl halides is 3. The lowest BCUT2D eigenvalue weighted by Crippen LogP contribution is -2.30. The second-order valence-electron chi connectivity index (χ2n) is 6.58. The Bertz CT molecular complexity index is 689. The summed E-state index contributed by atoms with van der Waals surface area (Å²) in [4.78, 5) is 24.1. The van der Waals surface area contributed by atoms with E-state index < -0.39 is 22.4 Å². The molecule has 2 aliphatic rings. The van der Waals surface area contributed by atoms with Crippen LogP contribution in [0.5, 0.6) is 0 Å². The van der Waals surface area contributed by atoms with Gasteiger partial charge in [0.05, 0.1) is 10.5 Å².